The van der Waals surface area contributed by atoms with Crippen molar-refractivity contribution in [2.45, 2.75) is 19.8 Å². The summed E-state index contributed by atoms with van der Waals surface area (Å²) in [7, 11) is 0. The average molecular weight is 325 g/mol. The van der Waals surface area contributed by atoms with Crippen LogP contribution in [0.3, 0.4) is 0 Å². The third kappa shape index (κ3) is 4.68. The molecule has 0 aliphatic rings. The van der Waals surface area contributed by atoms with Gasteiger partial charge >= 0.3 is 0 Å². The van der Waals surface area contributed by atoms with Crippen molar-refractivity contribution in [3.05, 3.63) is 47.8 Å². The average Bonchev–Trinajstić information content (AvgIpc) is 3.10. The van der Waals surface area contributed by atoms with Gasteiger partial charge < -0.3 is 10.6 Å². The molecule has 0 saturated heterocycles. The molecule has 0 aliphatic carbocycles. The molecule has 1 aromatic heterocycles. The molecular formula is C17H19N5O2. The zero-order valence-electron chi connectivity index (χ0n) is 13.5. The standard InChI is InChI=1S/C17H19N5O2/c1-2-8-19-16(23)6-9-20-17(24)15-7-10-22(21-15)14-5-3-4-13(11-14)12-18/h3-5,7,10-11H,2,6,8-9H2,1H3,(H,19,23)(H,20,24). The largest absolute Gasteiger partial charge is 0.356 e. The Bertz CT molecular complexity index is 760. The van der Waals surface area contributed by atoms with Gasteiger partial charge in [-0.3, -0.25) is 9.59 Å². The maximum absolute atomic E-state index is 12.0. The second-order valence-corrected chi connectivity index (χ2v) is 5.16. The molecule has 0 atom stereocenters. The van der Waals surface area contributed by atoms with Gasteiger partial charge in [0.1, 0.15) is 0 Å². The van der Waals surface area contributed by atoms with Crippen LogP contribution in [0.5, 0.6) is 0 Å². The number of hydrogen-bond acceptors (Lipinski definition) is 4. The first-order chi connectivity index (χ1) is 11.6. The first-order valence-corrected chi connectivity index (χ1v) is 7.75. The third-order valence-corrected chi connectivity index (χ3v) is 3.27. The van der Waals surface area contributed by atoms with Gasteiger partial charge in [-0.25, -0.2) is 4.68 Å². The Balaban J connectivity index is 1.91. The van der Waals surface area contributed by atoms with E-state index in [4.69, 9.17) is 5.26 Å². The first kappa shape index (κ1) is 17.2. The van der Waals surface area contributed by atoms with Crippen molar-refractivity contribution in [1.82, 2.24) is 20.4 Å². The second-order valence-electron chi connectivity index (χ2n) is 5.16. The highest BCUT2D eigenvalue weighted by Crippen LogP contribution is 2.10. The summed E-state index contributed by atoms with van der Waals surface area (Å²) in [5.74, 6) is -0.426. The maximum atomic E-state index is 12.0. The van der Waals surface area contributed by atoms with E-state index >= 15 is 0 Å². The summed E-state index contributed by atoms with van der Waals surface area (Å²) >= 11 is 0. The van der Waals surface area contributed by atoms with Crippen molar-refractivity contribution >= 4 is 11.8 Å². The molecule has 7 nitrogen and oxygen atoms in total. The number of carbonyl (C=O) groups is 2. The van der Waals surface area contributed by atoms with Crippen molar-refractivity contribution in [3.63, 3.8) is 0 Å². The summed E-state index contributed by atoms with van der Waals surface area (Å²) in [6.45, 7) is 2.87. The van der Waals surface area contributed by atoms with Crippen molar-refractivity contribution < 1.29 is 9.59 Å². The Morgan fingerprint density at radius 3 is 2.83 bits per heavy atom. The highest BCUT2D eigenvalue weighted by atomic mass is 16.2. The normalized spacial score (nSPS) is 10.0. The van der Waals surface area contributed by atoms with E-state index in [1.54, 1.807) is 36.5 Å². The Labute approximate surface area is 140 Å². The van der Waals surface area contributed by atoms with Gasteiger partial charge in [0.05, 0.1) is 17.3 Å². The van der Waals surface area contributed by atoms with Crippen LogP contribution in [0.2, 0.25) is 0 Å². The molecule has 2 amide bonds. The van der Waals surface area contributed by atoms with Gasteiger partial charge in [-0.2, -0.15) is 10.4 Å². The number of rotatable bonds is 7. The summed E-state index contributed by atoms with van der Waals surface area (Å²) in [5.41, 5.74) is 1.48. The van der Waals surface area contributed by atoms with Crippen LogP contribution in [0, 0.1) is 11.3 Å². The lowest BCUT2D eigenvalue weighted by Crippen LogP contribution is -2.31. The van der Waals surface area contributed by atoms with Crippen molar-refractivity contribution in [3.8, 4) is 11.8 Å². The molecule has 0 fully saturated rings. The number of benzene rings is 1. The number of hydrogen-bond donors (Lipinski definition) is 2. The second kappa shape index (κ2) is 8.48. The SMILES string of the molecule is CCCNC(=O)CCNC(=O)c1ccn(-c2cccc(C#N)c2)n1. The Morgan fingerprint density at radius 2 is 2.08 bits per heavy atom. The Kier molecular flexibility index (Phi) is 6.08. The topological polar surface area (TPSA) is 99.8 Å². The van der Waals surface area contributed by atoms with Gasteiger partial charge in [-0.05, 0) is 30.7 Å². The molecule has 2 aromatic rings. The molecular weight excluding hydrogens is 306 g/mol. The summed E-state index contributed by atoms with van der Waals surface area (Å²) in [4.78, 5) is 23.5. The summed E-state index contributed by atoms with van der Waals surface area (Å²) < 4.78 is 1.53. The maximum Gasteiger partial charge on any atom is 0.271 e. The van der Waals surface area contributed by atoms with E-state index in [0.717, 1.165) is 6.42 Å². The minimum Gasteiger partial charge on any atom is -0.356 e. The lowest BCUT2D eigenvalue weighted by molar-refractivity contribution is -0.120. The summed E-state index contributed by atoms with van der Waals surface area (Å²) in [6.07, 6.45) is 2.76. The van der Waals surface area contributed by atoms with Crippen LogP contribution in [-0.2, 0) is 4.79 Å². The van der Waals surface area contributed by atoms with Crippen LogP contribution < -0.4 is 10.6 Å². The lowest BCUT2D eigenvalue weighted by atomic mass is 10.2. The number of nitrogens with one attached hydrogen (secondary N) is 2. The van der Waals surface area contributed by atoms with Gasteiger partial charge in [-0.15, -0.1) is 0 Å². The minimum atomic E-state index is -0.339. The highest BCUT2D eigenvalue weighted by Gasteiger charge is 2.10. The number of nitrogens with zero attached hydrogens (tertiary/aromatic N) is 3. The van der Waals surface area contributed by atoms with E-state index in [1.807, 2.05) is 6.92 Å². The molecule has 0 aliphatic heterocycles. The Hall–Kier alpha value is -3.14. The smallest absolute Gasteiger partial charge is 0.271 e. The van der Waals surface area contributed by atoms with Crippen LogP contribution in [0.4, 0.5) is 0 Å². The molecule has 1 heterocycles. The molecule has 7 heteroatoms. The monoisotopic (exact) mass is 325 g/mol. The number of carbonyl (C=O) groups excluding carboxylic acids is 2. The molecule has 0 radical (unpaired) electrons. The van der Waals surface area contributed by atoms with Gasteiger partial charge in [0.15, 0.2) is 5.69 Å². The third-order valence-electron chi connectivity index (χ3n) is 3.27. The van der Waals surface area contributed by atoms with Gasteiger partial charge in [0.2, 0.25) is 5.91 Å². The minimum absolute atomic E-state index is 0.0870. The van der Waals surface area contributed by atoms with Crippen LogP contribution in [0.15, 0.2) is 36.5 Å². The van der Waals surface area contributed by atoms with Crippen molar-refractivity contribution in [2.75, 3.05) is 13.1 Å². The molecule has 0 unspecified atom stereocenters. The van der Waals surface area contributed by atoms with Crippen LogP contribution in [0.1, 0.15) is 35.8 Å². The summed E-state index contributed by atoms with van der Waals surface area (Å²) in [5, 5.41) is 18.5. The fourth-order valence-electron chi connectivity index (χ4n) is 2.04. The van der Waals surface area contributed by atoms with Gasteiger partial charge in [0.25, 0.3) is 5.91 Å². The number of aromatic nitrogens is 2. The molecule has 24 heavy (non-hydrogen) atoms. The molecule has 1 aromatic carbocycles. The van der Waals surface area contributed by atoms with Crippen molar-refractivity contribution in [1.29, 1.82) is 5.26 Å². The quantitative estimate of drug-likeness (QED) is 0.803. The van der Waals surface area contributed by atoms with E-state index in [-0.39, 0.29) is 30.5 Å². The highest BCUT2D eigenvalue weighted by molar-refractivity contribution is 5.92. The zero-order valence-corrected chi connectivity index (χ0v) is 13.5. The zero-order chi connectivity index (χ0) is 17.4. The first-order valence-electron chi connectivity index (χ1n) is 7.75. The van der Waals surface area contributed by atoms with E-state index < -0.39 is 0 Å². The van der Waals surface area contributed by atoms with E-state index in [0.29, 0.717) is 17.8 Å². The van der Waals surface area contributed by atoms with Crippen LogP contribution in [0.25, 0.3) is 5.69 Å². The molecule has 0 spiro atoms. The molecule has 2 rings (SSSR count). The summed E-state index contributed by atoms with van der Waals surface area (Å²) in [6, 6.07) is 10.6. The molecule has 0 bridgehead atoms. The lowest BCUT2D eigenvalue weighted by Gasteiger charge is -2.05. The Morgan fingerprint density at radius 1 is 1.25 bits per heavy atom. The van der Waals surface area contributed by atoms with E-state index in [1.165, 1.54) is 4.68 Å². The molecule has 2 N–H and O–H groups in total. The van der Waals surface area contributed by atoms with Crippen LogP contribution in [-0.4, -0.2) is 34.7 Å². The fraction of sp³-hybridized carbons (Fsp3) is 0.294. The molecule has 0 saturated carbocycles. The fourth-order valence-corrected chi connectivity index (χ4v) is 2.04. The number of nitriles is 1. The van der Waals surface area contributed by atoms with Crippen molar-refractivity contribution in [2.24, 2.45) is 0 Å². The van der Waals surface area contributed by atoms with Gasteiger partial charge in [0, 0.05) is 25.7 Å². The predicted octanol–water partition coefficient (Wildman–Crippen LogP) is 1.39. The van der Waals surface area contributed by atoms with E-state index in [2.05, 4.69) is 21.8 Å². The van der Waals surface area contributed by atoms with E-state index in [9.17, 15) is 9.59 Å². The number of amides is 2. The van der Waals surface area contributed by atoms with Crippen LogP contribution >= 0.6 is 0 Å². The molecule has 124 valence electrons. The predicted molar refractivity (Wildman–Crippen MR) is 88.5 cm³/mol. The van der Waals surface area contributed by atoms with Gasteiger partial charge in [-0.1, -0.05) is 13.0 Å².